The van der Waals surface area contributed by atoms with E-state index >= 15 is 0 Å². The highest BCUT2D eigenvalue weighted by atomic mass is 16.7. The van der Waals surface area contributed by atoms with Crippen molar-refractivity contribution in [3.63, 3.8) is 0 Å². The van der Waals surface area contributed by atoms with Crippen LogP contribution in [0.25, 0.3) is 22.4 Å². The molecular formula is C23H23N3O3. The van der Waals surface area contributed by atoms with Gasteiger partial charge in [0.25, 0.3) is 0 Å². The van der Waals surface area contributed by atoms with Gasteiger partial charge in [0.15, 0.2) is 11.5 Å². The van der Waals surface area contributed by atoms with E-state index < -0.39 is 0 Å². The van der Waals surface area contributed by atoms with Crippen LogP contribution in [-0.4, -0.2) is 36.0 Å². The third-order valence-electron chi connectivity index (χ3n) is 5.50. The molecule has 1 aromatic heterocycles. The number of nitrogens with two attached hydrogens (primary N) is 1. The summed E-state index contributed by atoms with van der Waals surface area (Å²) in [6.45, 7) is 3.85. The first-order valence-electron chi connectivity index (χ1n) is 9.80. The highest BCUT2D eigenvalue weighted by Crippen LogP contribution is 2.43. The van der Waals surface area contributed by atoms with Crippen molar-refractivity contribution >= 4 is 5.82 Å². The summed E-state index contributed by atoms with van der Waals surface area (Å²) in [6.07, 6.45) is 0.939. The van der Waals surface area contributed by atoms with Gasteiger partial charge < -0.3 is 25.2 Å². The maximum Gasteiger partial charge on any atom is 0.231 e. The van der Waals surface area contributed by atoms with Gasteiger partial charge in [0, 0.05) is 30.3 Å². The fourth-order valence-corrected chi connectivity index (χ4v) is 3.98. The number of aromatic nitrogens is 1. The zero-order valence-electron chi connectivity index (χ0n) is 16.3. The molecule has 0 bridgehead atoms. The van der Waals surface area contributed by atoms with Crippen molar-refractivity contribution in [3.05, 3.63) is 54.1 Å². The molecule has 5 rings (SSSR count). The fourth-order valence-electron chi connectivity index (χ4n) is 3.98. The lowest BCUT2D eigenvalue weighted by molar-refractivity contribution is 0.174. The van der Waals surface area contributed by atoms with Crippen molar-refractivity contribution in [2.24, 2.45) is 5.73 Å². The van der Waals surface area contributed by atoms with Crippen molar-refractivity contribution in [2.75, 3.05) is 24.8 Å². The number of aromatic hydroxyl groups is 1. The highest BCUT2D eigenvalue weighted by Gasteiger charge is 2.24. The molecule has 3 N–H and O–H groups in total. The molecule has 1 unspecified atom stereocenters. The number of nitrogens with zero attached hydrogens (tertiary/aromatic N) is 2. The molecule has 0 aliphatic carbocycles. The van der Waals surface area contributed by atoms with E-state index in [0.717, 1.165) is 59.2 Å². The van der Waals surface area contributed by atoms with Crippen LogP contribution < -0.4 is 20.1 Å². The molecule has 1 fully saturated rings. The van der Waals surface area contributed by atoms with Crippen LogP contribution in [-0.2, 0) is 0 Å². The van der Waals surface area contributed by atoms with Crippen molar-refractivity contribution in [2.45, 2.75) is 19.4 Å². The molecular weight excluding hydrogens is 366 g/mol. The SMILES string of the molecule is Cc1ccc(O)c(-c2cc(-c3cccc4c3OCO4)cc(N3CCC(N)C3)n2)c1. The molecule has 3 aromatic rings. The topological polar surface area (TPSA) is 80.8 Å². The van der Waals surface area contributed by atoms with Crippen LogP contribution >= 0.6 is 0 Å². The number of ether oxygens (including phenoxy) is 2. The second-order valence-corrected chi connectivity index (χ2v) is 7.65. The molecule has 6 heteroatoms. The molecule has 29 heavy (non-hydrogen) atoms. The Hall–Kier alpha value is -3.25. The number of aryl methyl sites for hydroxylation is 1. The Bertz CT molecular complexity index is 1080. The summed E-state index contributed by atoms with van der Waals surface area (Å²) in [4.78, 5) is 7.08. The van der Waals surface area contributed by atoms with Crippen LogP contribution in [0, 0.1) is 6.92 Å². The minimum atomic E-state index is 0.147. The smallest absolute Gasteiger partial charge is 0.231 e. The number of anilines is 1. The fraction of sp³-hybridized carbons (Fsp3) is 0.261. The average Bonchev–Trinajstić information content (AvgIpc) is 3.38. The maximum atomic E-state index is 10.5. The Morgan fingerprint density at radius 3 is 2.83 bits per heavy atom. The molecule has 2 aromatic carbocycles. The lowest BCUT2D eigenvalue weighted by atomic mass is 10.0. The Labute approximate surface area is 169 Å². The number of hydrogen-bond donors (Lipinski definition) is 2. The van der Waals surface area contributed by atoms with E-state index in [9.17, 15) is 5.11 Å². The van der Waals surface area contributed by atoms with Crippen molar-refractivity contribution < 1.29 is 14.6 Å². The molecule has 1 atom stereocenters. The number of hydrogen-bond acceptors (Lipinski definition) is 6. The largest absolute Gasteiger partial charge is 0.507 e. The number of pyridine rings is 1. The molecule has 0 spiro atoms. The highest BCUT2D eigenvalue weighted by molar-refractivity contribution is 5.81. The molecule has 0 radical (unpaired) electrons. The summed E-state index contributed by atoms with van der Waals surface area (Å²) in [7, 11) is 0. The van der Waals surface area contributed by atoms with E-state index in [4.69, 9.17) is 20.2 Å². The quantitative estimate of drug-likeness (QED) is 0.711. The van der Waals surface area contributed by atoms with E-state index in [2.05, 4.69) is 11.0 Å². The van der Waals surface area contributed by atoms with E-state index in [-0.39, 0.29) is 18.6 Å². The monoisotopic (exact) mass is 389 g/mol. The standard InChI is InChI=1S/C23H23N3O3/c1-14-5-6-20(27)18(9-14)19-10-15(11-22(25-19)26-8-7-16(24)12-26)17-3-2-4-21-23(17)29-13-28-21/h2-6,9-11,16,27H,7-8,12-13,24H2,1H3. The minimum Gasteiger partial charge on any atom is -0.507 e. The van der Waals surface area contributed by atoms with Gasteiger partial charge in [-0.3, -0.25) is 0 Å². The van der Waals surface area contributed by atoms with Crippen molar-refractivity contribution in [1.82, 2.24) is 4.98 Å². The lowest BCUT2D eigenvalue weighted by Gasteiger charge is -2.20. The Morgan fingerprint density at radius 1 is 1.10 bits per heavy atom. The van der Waals surface area contributed by atoms with Gasteiger partial charge in [-0.15, -0.1) is 0 Å². The maximum absolute atomic E-state index is 10.5. The molecule has 1 saturated heterocycles. The van der Waals surface area contributed by atoms with Crippen molar-refractivity contribution in [3.8, 4) is 39.6 Å². The summed E-state index contributed by atoms with van der Waals surface area (Å²) in [6, 6.07) is 15.6. The molecule has 2 aliphatic heterocycles. The number of benzene rings is 2. The third-order valence-corrected chi connectivity index (χ3v) is 5.50. The summed E-state index contributed by atoms with van der Waals surface area (Å²) < 4.78 is 11.3. The molecule has 0 saturated carbocycles. The predicted octanol–water partition coefficient (Wildman–Crippen LogP) is 3.70. The Morgan fingerprint density at radius 2 is 2.00 bits per heavy atom. The Kier molecular flexibility index (Phi) is 4.28. The normalized spacial score (nSPS) is 17.7. The number of rotatable bonds is 3. The van der Waals surface area contributed by atoms with Crippen LogP contribution in [0.3, 0.4) is 0 Å². The van der Waals surface area contributed by atoms with Gasteiger partial charge in [-0.25, -0.2) is 4.98 Å². The Balaban J connectivity index is 1.69. The first kappa shape index (κ1) is 17.8. The summed E-state index contributed by atoms with van der Waals surface area (Å²) in [5.41, 5.74) is 10.5. The van der Waals surface area contributed by atoms with Gasteiger partial charge in [-0.05, 0) is 49.2 Å². The number of phenols is 1. The van der Waals surface area contributed by atoms with Gasteiger partial charge in [-0.1, -0.05) is 23.8 Å². The van der Waals surface area contributed by atoms with E-state index in [0.29, 0.717) is 5.56 Å². The molecule has 3 heterocycles. The third kappa shape index (κ3) is 3.25. The average molecular weight is 389 g/mol. The van der Waals surface area contributed by atoms with Gasteiger partial charge in [-0.2, -0.15) is 0 Å². The summed E-state index contributed by atoms with van der Waals surface area (Å²) in [5.74, 6) is 2.54. The molecule has 2 aliphatic rings. The van der Waals surface area contributed by atoms with Gasteiger partial charge in [0.1, 0.15) is 11.6 Å². The summed E-state index contributed by atoms with van der Waals surface area (Å²) in [5, 5.41) is 10.5. The molecule has 148 valence electrons. The van der Waals surface area contributed by atoms with Crippen molar-refractivity contribution in [1.29, 1.82) is 0 Å². The predicted molar refractivity (Wildman–Crippen MR) is 112 cm³/mol. The zero-order valence-corrected chi connectivity index (χ0v) is 16.3. The first-order chi connectivity index (χ1) is 14.1. The second-order valence-electron chi connectivity index (χ2n) is 7.65. The number of para-hydroxylation sites is 1. The van der Waals surface area contributed by atoms with Gasteiger partial charge in [0.2, 0.25) is 6.79 Å². The summed E-state index contributed by atoms with van der Waals surface area (Å²) >= 11 is 0. The number of phenolic OH excluding ortho intramolecular Hbond substituents is 1. The van der Waals surface area contributed by atoms with Crippen LogP contribution in [0.15, 0.2) is 48.5 Å². The van der Waals surface area contributed by atoms with Gasteiger partial charge >= 0.3 is 0 Å². The van der Waals surface area contributed by atoms with Crippen LogP contribution in [0.4, 0.5) is 5.82 Å². The second kappa shape index (κ2) is 6.97. The number of fused-ring (bicyclic) bond motifs is 1. The molecule has 6 nitrogen and oxygen atoms in total. The zero-order chi connectivity index (χ0) is 20.0. The molecule has 0 amide bonds. The van der Waals surface area contributed by atoms with E-state index in [1.165, 1.54) is 0 Å². The first-order valence-corrected chi connectivity index (χ1v) is 9.80. The van der Waals surface area contributed by atoms with Crippen LogP contribution in [0.5, 0.6) is 17.2 Å². The van der Waals surface area contributed by atoms with E-state index in [1.54, 1.807) is 6.07 Å². The minimum absolute atomic E-state index is 0.147. The van der Waals surface area contributed by atoms with E-state index in [1.807, 2.05) is 43.3 Å². The van der Waals surface area contributed by atoms with Crippen LogP contribution in [0.2, 0.25) is 0 Å². The lowest BCUT2D eigenvalue weighted by Crippen LogP contribution is -2.27. The van der Waals surface area contributed by atoms with Gasteiger partial charge in [0.05, 0.1) is 5.69 Å². The van der Waals surface area contributed by atoms with Crippen LogP contribution in [0.1, 0.15) is 12.0 Å².